The maximum absolute atomic E-state index is 14.3. The van der Waals surface area contributed by atoms with Gasteiger partial charge in [0.05, 0.1) is 23.9 Å². The second kappa shape index (κ2) is 9.37. The van der Waals surface area contributed by atoms with E-state index in [4.69, 9.17) is 4.74 Å². The number of nitrogens with one attached hydrogen (secondary N) is 3. The molecule has 0 radical (unpaired) electrons. The monoisotopic (exact) mass is 452 g/mol. The summed E-state index contributed by atoms with van der Waals surface area (Å²) in [7, 11) is 1.46. The predicted molar refractivity (Wildman–Crippen MR) is 124 cm³/mol. The average Bonchev–Trinajstić information content (AvgIpc) is 2.79. The zero-order valence-corrected chi connectivity index (χ0v) is 18.6. The predicted octanol–water partition coefficient (Wildman–Crippen LogP) is 2.79. The summed E-state index contributed by atoms with van der Waals surface area (Å²) in [4.78, 5) is 35.2. The van der Waals surface area contributed by atoms with Gasteiger partial charge in [0, 0.05) is 55.6 Å². The Hall–Kier alpha value is -3.79. The van der Waals surface area contributed by atoms with Gasteiger partial charge in [0.1, 0.15) is 5.82 Å². The van der Waals surface area contributed by atoms with Crippen LogP contribution >= 0.6 is 0 Å². The number of carbonyl (C=O) groups excluding carboxylic acids is 2. The van der Waals surface area contributed by atoms with Gasteiger partial charge < -0.3 is 25.6 Å². The number of methoxy groups -OCH3 is 1. The Balaban J connectivity index is 1.68. The van der Waals surface area contributed by atoms with E-state index in [1.807, 2.05) is 6.07 Å². The lowest BCUT2D eigenvalue weighted by Crippen LogP contribution is -2.49. The van der Waals surface area contributed by atoms with Gasteiger partial charge in [0.2, 0.25) is 5.91 Å². The van der Waals surface area contributed by atoms with E-state index >= 15 is 0 Å². The fourth-order valence-electron chi connectivity index (χ4n) is 3.88. The number of piperazine rings is 1. The third-order valence-corrected chi connectivity index (χ3v) is 5.38. The number of amides is 2. The van der Waals surface area contributed by atoms with E-state index < -0.39 is 11.7 Å². The van der Waals surface area contributed by atoms with Crippen molar-refractivity contribution in [3.05, 3.63) is 47.9 Å². The van der Waals surface area contributed by atoms with Crippen molar-refractivity contribution in [2.75, 3.05) is 42.3 Å². The van der Waals surface area contributed by atoms with Gasteiger partial charge in [-0.15, -0.1) is 0 Å². The Kier molecular flexibility index (Phi) is 6.36. The van der Waals surface area contributed by atoms with Crippen LogP contribution < -0.4 is 25.6 Å². The zero-order chi connectivity index (χ0) is 23.5. The molecule has 172 valence electrons. The van der Waals surface area contributed by atoms with E-state index in [0.717, 1.165) is 36.8 Å². The molecule has 1 aromatic heterocycles. The molecule has 1 atom stereocenters. The lowest BCUT2D eigenvalue weighted by Gasteiger charge is -2.34. The van der Waals surface area contributed by atoms with Crippen molar-refractivity contribution in [2.24, 2.45) is 0 Å². The number of ether oxygens (including phenoxy) is 1. The number of benzene rings is 2. The number of halogens is 1. The number of fused-ring (bicyclic) bond motifs is 1. The summed E-state index contributed by atoms with van der Waals surface area (Å²) < 4.78 is 19.5. The number of carbonyl (C=O) groups is 2. The molecule has 2 amide bonds. The average molecular weight is 452 g/mol. The van der Waals surface area contributed by atoms with Crippen LogP contribution in [0.5, 0.6) is 6.01 Å². The molecule has 0 saturated carbocycles. The van der Waals surface area contributed by atoms with Gasteiger partial charge in [-0.2, -0.15) is 4.98 Å². The Morgan fingerprint density at radius 3 is 2.76 bits per heavy atom. The molecular weight excluding hydrogens is 427 g/mol. The smallest absolute Gasteiger partial charge is 0.316 e. The van der Waals surface area contributed by atoms with Crippen LogP contribution in [0, 0.1) is 5.82 Å². The molecule has 9 nitrogen and oxygen atoms in total. The van der Waals surface area contributed by atoms with Crippen LogP contribution in [0.3, 0.4) is 0 Å². The van der Waals surface area contributed by atoms with Crippen LogP contribution in [-0.4, -0.2) is 54.6 Å². The molecule has 1 saturated heterocycles. The number of anilines is 3. The molecule has 0 bridgehead atoms. The normalized spacial score (nSPS) is 15.9. The lowest BCUT2D eigenvalue weighted by molar-refractivity contribution is -0.114. The van der Waals surface area contributed by atoms with Gasteiger partial charge in [-0.25, -0.2) is 9.37 Å². The van der Waals surface area contributed by atoms with E-state index in [9.17, 15) is 14.0 Å². The summed E-state index contributed by atoms with van der Waals surface area (Å²) in [5.41, 5.74) is 1.98. The number of aromatic nitrogens is 2. The topological polar surface area (TPSA) is 108 Å². The molecule has 2 heterocycles. The summed E-state index contributed by atoms with van der Waals surface area (Å²) in [6.45, 7) is 5.89. The highest BCUT2D eigenvalue weighted by Crippen LogP contribution is 2.30. The van der Waals surface area contributed by atoms with E-state index in [-0.39, 0.29) is 23.3 Å². The molecule has 3 aromatic rings. The summed E-state index contributed by atoms with van der Waals surface area (Å²) in [6.07, 6.45) is 1.65. The van der Waals surface area contributed by atoms with Crippen molar-refractivity contribution in [1.82, 2.24) is 15.3 Å². The molecule has 33 heavy (non-hydrogen) atoms. The fourth-order valence-corrected chi connectivity index (χ4v) is 3.88. The van der Waals surface area contributed by atoms with Crippen LogP contribution in [0.4, 0.5) is 21.5 Å². The molecule has 3 N–H and O–H groups in total. The zero-order valence-electron chi connectivity index (χ0n) is 18.6. The molecule has 1 unspecified atom stereocenters. The summed E-state index contributed by atoms with van der Waals surface area (Å²) >= 11 is 0. The second-order valence-corrected chi connectivity index (χ2v) is 7.88. The quantitative estimate of drug-likeness (QED) is 0.546. The molecule has 0 spiro atoms. The fraction of sp³-hybridized carbons (Fsp3) is 0.304. The van der Waals surface area contributed by atoms with Crippen LogP contribution in [0.25, 0.3) is 10.9 Å². The van der Waals surface area contributed by atoms with Crippen molar-refractivity contribution >= 4 is 39.8 Å². The molecule has 2 aromatic carbocycles. The second-order valence-electron chi connectivity index (χ2n) is 7.88. The Bertz CT molecular complexity index is 1220. The van der Waals surface area contributed by atoms with Crippen molar-refractivity contribution in [1.29, 1.82) is 0 Å². The number of hydrogen-bond donors (Lipinski definition) is 3. The van der Waals surface area contributed by atoms with Crippen molar-refractivity contribution in [3.63, 3.8) is 0 Å². The molecule has 1 aliphatic heterocycles. The van der Waals surface area contributed by atoms with Crippen LogP contribution in [-0.2, 0) is 4.79 Å². The Morgan fingerprint density at radius 1 is 1.24 bits per heavy atom. The van der Waals surface area contributed by atoms with Gasteiger partial charge in [-0.1, -0.05) is 0 Å². The Morgan fingerprint density at radius 2 is 2.06 bits per heavy atom. The maximum atomic E-state index is 14.3. The standard InChI is InChI=1S/C23H25FN6O3/c1-13-12-30(9-8-25-13)20-7-5-16(21-17(20)11-26-23(29-21)33-3)22(32)28-15-4-6-19(18(24)10-15)27-14(2)31/h4-7,10-11,13,25H,8-9,12H2,1-3H3,(H,27,31)(H,28,32). The molecule has 4 rings (SSSR count). The first-order valence-corrected chi connectivity index (χ1v) is 10.6. The maximum Gasteiger partial charge on any atom is 0.316 e. The molecule has 1 aliphatic rings. The van der Waals surface area contributed by atoms with Crippen LogP contribution in [0.15, 0.2) is 36.5 Å². The van der Waals surface area contributed by atoms with Gasteiger partial charge in [0.25, 0.3) is 5.91 Å². The highest BCUT2D eigenvalue weighted by Gasteiger charge is 2.22. The largest absolute Gasteiger partial charge is 0.467 e. The third kappa shape index (κ3) is 4.85. The van der Waals surface area contributed by atoms with Crippen LogP contribution in [0.1, 0.15) is 24.2 Å². The molecule has 1 fully saturated rings. The minimum atomic E-state index is -0.653. The SMILES string of the molecule is COc1ncc2c(N3CCNC(C)C3)ccc(C(=O)Nc3ccc(NC(C)=O)c(F)c3)c2n1. The molecular formula is C23H25FN6O3. The summed E-state index contributed by atoms with van der Waals surface area (Å²) in [6, 6.07) is 8.11. The Labute approximate surface area is 190 Å². The van der Waals surface area contributed by atoms with E-state index in [1.54, 1.807) is 12.3 Å². The highest BCUT2D eigenvalue weighted by atomic mass is 19.1. The summed E-state index contributed by atoms with van der Waals surface area (Å²) in [5.74, 6) is -1.49. The van der Waals surface area contributed by atoms with Gasteiger partial charge in [0.15, 0.2) is 0 Å². The van der Waals surface area contributed by atoms with E-state index in [2.05, 4.69) is 37.7 Å². The number of hydrogen-bond acceptors (Lipinski definition) is 7. The van der Waals surface area contributed by atoms with Crippen molar-refractivity contribution < 1.29 is 18.7 Å². The first-order chi connectivity index (χ1) is 15.9. The minimum absolute atomic E-state index is 0.0398. The van der Waals surface area contributed by atoms with Gasteiger partial charge >= 0.3 is 6.01 Å². The lowest BCUT2D eigenvalue weighted by atomic mass is 10.1. The van der Waals surface area contributed by atoms with Gasteiger partial charge in [-0.05, 0) is 37.3 Å². The molecule has 0 aliphatic carbocycles. The highest BCUT2D eigenvalue weighted by molar-refractivity contribution is 6.14. The number of nitrogens with zero attached hydrogens (tertiary/aromatic N) is 3. The minimum Gasteiger partial charge on any atom is -0.467 e. The van der Waals surface area contributed by atoms with E-state index in [0.29, 0.717) is 17.1 Å². The summed E-state index contributed by atoms with van der Waals surface area (Å²) in [5, 5.41) is 9.23. The molecule has 10 heteroatoms. The van der Waals surface area contributed by atoms with Crippen LogP contribution in [0.2, 0.25) is 0 Å². The number of rotatable bonds is 5. The third-order valence-electron chi connectivity index (χ3n) is 5.38. The first-order valence-electron chi connectivity index (χ1n) is 10.6. The van der Waals surface area contributed by atoms with Gasteiger partial charge in [-0.3, -0.25) is 9.59 Å². The van der Waals surface area contributed by atoms with Crippen molar-refractivity contribution in [3.8, 4) is 6.01 Å². The first kappa shape index (κ1) is 22.4. The van der Waals surface area contributed by atoms with E-state index in [1.165, 1.54) is 26.2 Å². The van der Waals surface area contributed by atoms with Crippen molar-refractivity contribution in [2.45, 2.75) is 19.9 Å².